The van der Waals surface area contributed by atoms with Crippen molar-refractivity contribution in [2.45, 2.75) is 26.7 Å². The maximum Gasteiger partial charge on any atom is 0.178 e. The third-order valence-electron chi connectivity index (χ3n) is 2.34. The Kier molecular flexibility index (Phi) is 3.25. The zero-order chi connectivity index (χ0) is 11.4. The van der Waals surface area contributed by atoms with Gasteiger partial charge in [-0.25, -0.2) is 15.0 Å². The van der Waals surface area contributed by atoms with Crippen molar-refractivity contribution in [3.05, 3.63) is 41.9 Å². The number of pyridine rings is 1. The second kappa shape index (κ2) is 4.84. The normalized spacial score (nSPS) is 10.4. The van der Waals surface area contributed by atoms with E-state index in [-0.39, 0.29) is 0 Å². The van der Waals surface area contributed by atoms with Crippen LogP contribution in [0.2, 0.25) is 0 Å². The van der Waals surface area contributed by atoms with Gasteiger partial charge in [0.1, 0.15) is 5.69 Å². The van der Waals surface area contributed by atoms with Crippen LogP contribution < -0.4 is 0 Å². The van der Waals surface area contributed by atoms with E-state index in [9.17, 15) is 0 Å². The quantitative estimate of drug-likeness (QED) is 0.787. The molecule has 2 aromatic rings. The lowest BCUT2D eigenvalue weighted by molar-refractivity contribution is 0.881. The van der Waals surface area contributed by atoms with Gasteiger partial charge in [0.2, 0.25) is 0 Å². The highest BCUT2D eigenvalue weighted by molar-refractivity contribution is 5.48. The molecule has 0 N–H and O–H groups in total. The Bertz CT molecular complexity index is 480. The molecular weight excluding hydrogens is 198 g/mol. The van der Waals surface area contributed by atoms with Crippen molar-refractivity contribution in [2.75, 3.05) is 0 Å². The minimum absolute atomic E-state index is 0.706. The number of aryl methyl sites for hydroxylation is 2. The maximum absolute atomic E-state index is 4.55. The summed E-state index contributed by atoms with van der Waals surface area (Å²) in [6, 6.07) is 7.90. The van der Waals surface area contributed by atoms with Gasteiger partial charge in [0.05, 0.1) is 0 Å². The van der Waals surface area contributed by atoms with Crippen LogP contribution >= 0.6 is 0 Å². The van der Waals surface area contributed by atoms with Crippen LogP contribution in [0.25, 0.3) is 11.5 Å². The van der Waals surface area contributed by atoms with Crippen molar-refractivity contribution >= 4 is 0 Å². The molecule has 0 saturated heterocycles. The van der Waals surface area contributed by atoms with E-state index in [1.165, 1.54) is 0 Å². The van der Waals surface area contributed by atoms with Gasteiger partial charge in [0.25, 0.3) is 0 Å². The molecule has 0 saturated carbocycles. The van der Waals surface area contributed by atoms with Gasteiger partial charge in [-0.05, 0) is 31.5 Å². The van der Waals surface area contributed by atoms with Crippen molar-refractivity contribution in [1.82, 2.24) is 15.0 Å². The van der Waals surface area contributed by atoms with Gasteiger partial charge in [-0.3, -0.25) is 0 Å². The number of aromatic nitrogens is 3. The zero-order valence-corrected chi connectivity index (χ0v) is 9.64. The molecule has 0 bridgehead atoms. The number of hydrogen-bond donors (Lipinski definition) is 0. The van der Waals surface area contributed by atoms with E-state index in [0.717, 1.165) is 29.9 Å². The molecule has 16 heavy (non-hydrogen) atoms. The third kappa shape index (κ3) is 2.42. The van der Waals surface area contributed by atoms with E-state index in [1.807, 2.05) is 31.2 Å². The number of rotatable bonds is 3. The van der Waals surface area contributed by atoms with Gasteiger partial charge in [0, 0.05) is 17.6 Å². The van der Waals surface area contributed by atoms with Gasteiger partial charge in [-0.1, -0.05) is 19.4 Å². The summed E-state index contributed by atoms with van der Waals surface area (Å²) in [5, 5.41) is 0. The van der Waals surface area contributed by atoms with Crippen molar-refractivity contribution in [3.8, 4) is 11.5 Å². The first-order valence-electron chi connectivity index (χ1n) is 5.55. The fraction of sp³-hybridized carbons (Fsp3) is 0.308. The van der Waals surface area contributed by atoms with Crippen LogP contribution in [0.4, 0.5) is 0 Å². The van der Waals surface area contributed by atoms with Crippen LogP contribution in [-0.4, -0.2) is 15.0 Å². The molecule has 0 fully saturated rings. The largest absolute Gasteiger partial charge is 0.249 e. The Hall–Kier alpha value is -1.77. The monoisotopic (exact) mass is 213 g/mol. The van der Waals surface area contributed by atoms with Gasteiger partial charge < -0.3 is 0 Å². The third-order valence-corrected chi connectivity index (χ3v) is 2.34. The van der Waals surface area contributed by atoms with Gasteiger partial charge in [0.15, 0.2) is 5.82 Å². The molecule has 82 valence electrons. The van der Waals surface area contributed by atoms with Crippen LogP contribution in [-0.2, 0) is 6.42 Å². The zero-order valence-electron chi connectivity index (χ0n) is 9.64. The molecule has 0 unspecified atom stereocenters. The summed E-state index contributed by atoms with van der Waals surface area (Å²) in [6.45, 7) is 4.11. The van der Waals surface area contributed by atoms with Crippen LogP contribution in [0.3, 0.4) is 0 Å². The van der Waals surface area contributed by atoms with E-state index in [1.54, 1.807) is 6.20 Å². The van der Waals surface area contributed by atoms with Crippen molar-refractivity contribution in [2.24, 2.45) is 0 Å². The fourth-order valence-corrected chi connectivity index (χ4v) is 1.57. The van der Waals surface area contributed by atoms with Crippen molar-refractivity contribution in [1.29, 1.82) is 0 Å². The summed E-state index contributed by atoms with van der Waals surface area (Å²) in [5.74, 6) is 0.706. The smallest absolute Gasteiger partial charge is 0.178 e. The summed E-state index contributed by atoms with van der Waals surface area (Å²) in [7, 11) is 0. The molecule has 0 amide bonds. The first-order chi connectivity index (χ1) is 7.79. The Labute approximate surface area is 95.6 Å². The molecule has 0 aliphatic rings. The summed E-state index contributed by atoms with van der Waals surface area (Å²) in [5.41, 5.74) is 2.92. The number of hydrogen-bond acceptors (Lipinski definition) is 3. The standard InChI is InChI=1S/C13H15N3/c1-3-5-11-6-4-7-12(16-11)13-14-9-8-10(2)15-13/h4,6-9H,3,5H2,1-2H3. The highest BCUT2D eigenvalue weighted by Gasteiger charge is 2.03. The van der Waals surface area contributed by atoms with Gasteiger partial charge >= 0.3 is 0 Å². The highest BCUT2D eigenvalue weighted by atomic mass is 14.9. The number of nitrogens with zero attached hydrogens (tertiary/aromatic N) is 3. The molecule has 3 nitrogen and oxygen atoms in total. The summed E-state index contributed by atoms with van der Waals surface area (Å²) >= 11 is 0. The van der Waals surface area contributed by atoms with E-state index >= 15 is 0 Å². The maximum atomic E-state index is 4.55. The lowest BCUT2D eigenvalue weighted by Crippen LogP contribution is -1.96. The van der Waals surface area contributed by atoms with E-state index in [2.05, 4.69) is 21.9 Å². The van der Waals surface area contributed by atoms with Gasteiger partial charge in [-0.2, -0.15) is 0 Å². The van der Waals surface area contributed by atoms with Crippen molar-refractivity contribution in [3.63, 3.8) is 0 Å². The molecule has 0 radical (unpaired) electrons. The molecule has 0 aliphatic heterocycles. The van der Waals surface area contributed by atoms with Crippen LogP contribution in [0.5, 0.6) is 0 Å². The van der Waals surface area contributed by atoms with Crippen LogP contribution in [0.1, 0.15) is 24.7 Å². The predicted octanol–water partition coefficient (Wildman–Crippen LogP) is 2.80. The summed E-state index contributed by atoms with van der Waals surface area (Å²) in [4.78, 5) is 13.2. The highest BCUT2D eigenvalue weighted by Crippen LogP contribution is 2.12. The molecule has 0 aliphatic carbocycles. The minimum Gasteiger partial charge on any atom is -0.249 e. The second-order valence-electron chi connectivity index (χ2n) is 3.79. The lowest BCUT2D eigenvalue weighted by atomic mass is 10.2. The van der Waals surface area contributed by atoms with E-state index in [0.29, 0.717) is 5.82 Å². The Morgan fingerprint density at radius 3 is 2.75 bits per heavy atom. The first-order valence-corrected chi connectivity index (χ1v) is 5.55. The average Bonchev–Trinajstić information content (AvgIpc) is 2.30. The lowest BCUT2D eigenvalue weighted by Gasteiger charge is -2.02. The molecule has 3 heteroatoms. The summed E-state index contributed by atoms with van der Waals surface area (Å²) < 4.78 is 0. The fourth-order valence-electron chi connectivity index (χ4n) is 1.57. The first kappa shape index (κ1) is 10.7. The molecule has 2 aromatic heterocycles. The Morgan fingerprint density at radius 1 is 1.12 bits per heavy atom. The predicted molar refractivity (Wildman–Crippen MR) is 64.0 cm³/mol. The van der Waals surface area contributed by atoms with Crippen molar-refractivity contribution < 1.29 is 0 Å². The van der Waals surface area contributed by atoms with Crippen LogP contribution in [0.15, 0.2) is 30.5 Å². The topological polar surface area (TPSA) is 38.7 Å². The van der Waals surface area contributed by atoms with Crippen LogP contribution in [0, 0.1) is 6.92 Å². The molecule has 2 rings (SSSR count). The molecular formula is C13H15N3. The minimum atomic E-state index is 0.706. The molecule has 0 aromatic carbocycles. The average molecular weight is 213 g/mol. The second-order valence-corrected chi connectivity index (χ2v) is 3.79. The molecule has 2 heterocycles. The Balaban J connectivity index is 2.36. The van der Waals surface area contributed by atoms with E-state index < -0.39 is 0 Å². The Morgan fingerprint density at radius 2 is 2.00 bits per heavy atom. The van der Waals surface area contributed by atoms with Gasteiger partial charge in [-0.15, -0.1) is 0 Å². The summed E-state index contributed by atoms with van der Waals surface area (Å²) in [6.07, 6.45) is 3.87. The van der Waals surface area contributed by atoms with E-state index in [4.69, 9.17) is 0 Å². The molecule has 0 atom stereocenters. The molecule has 0 spiro atoms. The SMILES string of the molecule is CCCc1cccc(-c2nccc(C)n2)n1.